The van der Waals surface area contributed by atoms with Gasteiger partial charge in [0, 0.05) is 26.2 Å². The summed E-state index contributed by atoms with van der Waals surface area (Å²) in [4.78, 5) is 16.0. The van der Waals surface area contributed by atoms with Crippen molar-refractivity contribution in [3.63, 3.8) is 0 Å². The molecular weight excluding hydrogens is 357 g/mol. The van der Waals surface area contributed by atoms with Crippen LogP contribution in [0.15, 0.2) is 29.2 Å². The highest BCUT2D eigenvalue weighted by atomic mass is 32.2. The van der Waals surface area contributed by atoms with Gasteiger partial charge < -0.3 is 4.90 Å². The van der Waals surface area contributed by atoms with Gasteiger partial charge in [-0.15, -0.1) is 0 Å². The molecule has 1 aromatic rings. The number of hydrogen-bond acceptors (Lipinski definition) is 4. The number of carbonyl (C=O) groups is 1. The zero-order chi connectivity index (χ0) is 19.2. The molecule has 0 radical (unpaired) electrons. The summed E-state index contributed by atoms with van der Waals surface area (Å²) in [6, 6.07) is 5.38. The normalized spacial score (nSPS) is 16.2. The maximum Gasteiger partial charge on any atom is 0.246 e. The Bertz CT molecular complexity index is 703. The van der Waals surface area contributed by atoms with Gasteiger partial charge in [0.25, 0.3) is 0 Å². The number of sulfonamides is 1. The van der Waals surface area contributed by atoms with Gasteiger partial charge >= 0.3 is 0 Å². The number of carbonyl (C=O) groups excluding carboxylic acids is 1. The largest absolute Gasteiger partial charge is 0.339 e. The Morgan fingerprint density at radius 3 is 2.38 bits per heavy atom. The Morgan fingerprint density at radius 2 is 1.81 bits per heavy atom. The van der Waals surface area contributed by atoms with Crippen molar-refractivity contribution >= 4 is 15.9 Å². The van der Waals surface area contributed by atoms with Crippen molar-refractivity contribution in [3.8, 4) is 0 Å². The second-order valence-electron chi connectivity index (χ2n) is 6.44. The van der Waals surface area contributed by atoms with E-state index in [1.807, 2.05) is 6.92 Å². The number of amides is 1. The highest BCUT2D eigenvalue weighted by molar-refractivity contribution is 7.89. The molecule has 0 atom stereocenters. The van der Waals surface area contributed by atoms with E-state index in [2.05, 4.69) is 11.8 Å². The highest BCUT2D eigenvalue weighted by Crippen LogP contribution is 2.20. The van der Waals surface area contributed by atoms with Gasteiger partial charge in [0.1, 0.15) is 10.7 Å². The van der Waals surface area contributed by atoms with E-state index in [0.717, 1.165) is 32.0 Å². The fourth-order valence-corrected chi connectivity index (χ4v) is 4.48. The summed E-state index contributed by atoms with van der Waals surface area (Å²) in [7, 11) is -3.87. The van der Waals surface area contributed by atoms with E-state index in [1.54, 1.807) is 4.90 Å². The van der Waals surface area contributed by atoms with Crippen LogP contribution in [0.25, 0.3) is 0 Å². The molecule has 1 aliphatic heterocycles. The van der Waals surface area contributed by atoms with E-state index in [9.17, 15) is 17.6 Å². The maximum absolute atomic E-state index is 13.9. The molecule has 1 saturated heterocycles. The zero-order valence-electron chi connectivity index (χ0n) is 15.5. The third-order valence-electron chi connectivity index (χ3n) is 4.68. The zero-order valence-corrected chi connectivity index (χ0v) is 16.3. The molecular formula is C18H28FN3O3S. The first-order valence-corrected chi connectivity index (χ1v) is 10.6. The summed E-state index contributed by atoms with van der Waals surface area (Å²) >= 11 is 0. The first-order chi connectivity index (χ1) is 12.4. The van der Waals surface area contributed by atoms with Gasteiger partial charge in [-0.1, -0.05) is 32.4 Å². The van der Waals surface area contributed by atoms with Gasteiger partial charge in [0.15, 0.2) is 0 Å². The number of likely N-dealkylation sites (N-methyl/N-ethyl adjacent to an activating group) is 1. The van der Waals surface area contributed by atoms with Crippen molar-refractivity contribution < 1.29 is 17.6 Å². The molecule has 146 valence electrons. The summed E-state index contributed by atoms with van der Waals surface area (Å²) in [6.45, 7) is 7.24. The summed E-state index contributed by atoms with van der Waals surface area (Å²) in [5.41, 5.74) is 0. The molecule has 0 aliphatic carbocycles. The van der Waals surface area contributed by atoms with Gasteiger partial charge in [-0.2, -0.15) is 4.31 Å². The number of hydrogen-bond donors (Lipinski definition) is 0. The van der Waals surface area contributed by atoms with Crippen molar-refractivity contribution in [3.05, 3.63) is 30.1 Å². The van der Waals surface area contributed by atoms with Gasteiger partial charge in [-0.25, -0.2) is 12.8 Å². The van der Waals surface area contributed by atoms with Crippen LogP contribution in [0.3, 0.4) is 0 Å². The minimum absolute atomic E-state index is 0.0193. The van der Waals surface area contributed by atoms with Crippen LogP contribution in [-0.4, -0.2) is 74.2 Å². The van der Waals surface area contributed by atoms with Crippen LogP contribution in [0.5, 0.6) is 0 Å². The van der Waals surface area contributed by atoms with Crippen molar-refractivity contribution in [2.24, 2.45) is 0 Å². The van der Waals surface area contributed by atoms with Crippen LogP contribution >= 0.6 is 0 Å². The van der Waals surface area contributed by atoms with E-state index in [-0.39, 0.29) is 23.9 Å². The second-order valence-corrected chi connectivity index (χ2v) is 8.34. The predicted octanol–water partition coefficient (Wildman–Crippen LogP) is 1.78. The summed E-state index contributed by atoms with van der Waals surface area (Å²) in [6.07, 6.45) is 2.13. The highest BCUT2D eigenvalue weighted by Gasteiger charge is 2.31. The number of unbranched alkanes of at least 4 members (excludes halogenated alkanes) is 1. The number of piperazine rings is 1. The standard InChI is InChI=1S/C18H28FN3O3S/c1-3-5-10-20(4-2)15-18(23)21-11-13-22(14-12-21)26(24,25)17-9-7-6-8-16(17)19/h6-9H,3-5,10-15H2,1-2H3. The lowest BCUT2D eigenvalue weighted by molar-refractivity contribution is -0.133. The fourth-order valence-electron chi connectivity index (χ4n) is 2.99. The van der Waals surface area contributed by atoms with Gasteiger partial charge in [-0.3, -0.25) is 9.69 Å². The summed E-state index contributed by atoms with van der Waals surface area (Å²) in [5.74, 6) is -0.730. The molecule has 0 bridgehead atoms. The van der Waals surface area contributed by atoms with Crippen LogP contribution in [-0.2, 0) is 14.8 Å². The number of nitrogens with zero attached hydrogens (tertiary/aromatic N) is 3. The molecule has 0 N–H and O–H groups in total. The lowest BCUT2D eigenvalue weighted by Crippen LogP contribution is -2.52. The SMILES string of the molecule is CCCCN(CC)CC(=O)N1CCN(S(=O)(=O)c2ccccc2F)CC1. The fraction of sp³-hybridized carbons (Fsp3) is 0.611. The molecule has 1 aromatic carbocycles. The van der Waals surface area contributed by atoms with Crippen molar-refractivity contribution in [1.29, 1.82) is 0 Å². The molecule has 1 heterocycles. The molecule has 8 heteroatoms. The average Bonchev–Trinajstić information content (AvgIpc) is 2.65. The van der Waals surface area contributed by atoms with E-state index < -0.39 is 15.8 Å². The Kier molecular flexibility index (Phi) is 7.55. The van der Waals surface area contributed by atoms with Crippen molar-refractivity contribution in [2.75, 3.05) is 45.8 Å². The Labute approximate surface area is 155 Å². The lowest BCUT2D eigenvalue weighted by Gasteiger charge is -2.35. The molecule has 0 saturated carbocycles. The molecule has 0 unspecified atom stereocenters. The topological polar surface area (TPSA) is 60.9 Å². The molecule has 0 aromatic heterocycles. The second kappa shape index (κ2) is 9.43. The number of halogens is 1. The molecule has 2 rings (SSSR count). The Hall–Kier alpha value is -1.51. The summed E-state index contributed by atoms with van der Waals surface area (Å²) in [5, 5.41) is 0. The van der Waals surface area contributed by atoms with Crippen LogP contribution < -0.4 is 0 Å². The molecule has 26 heavy (non-hydrogen) atoms. The number of benzene rings is 1. The Morgan fingerprint density at radius 1 is 1.15 bits per heavy atom. The minimum atomic E-state index is -3.87. The molecule has 0 spiro atoms. The average molecular weight is 386 g/mol. The molecule has 1 aliphatic rings. The molecule has 6 nitrogen and oxygen atoms in total. The molecule has 1 amide bonds. The Balaban J connectivity index is 1.94. The third kappa shape index (κ3) is 5.02. The summed E-state index contributed by atoms with van der Waals surface area (Å²) < 4.78 is 40.3. The maximum atomic E-state index is 13.9. The van der Waals surface area contributed by atoms with E-state index >= 15 is 0 Å². The first-order valence-electron chi connectivity index (χ1n) is 9.15. The van der Waals surface area contributed by atoms with Crippen LogP contribution in [0, 0.1) is 5.82 Å². The van der Waals surface area contributed by atoms with Crippen LogP contribution in [0.2, 0.25) is 0 Å². The van der Waals surface area contributed by atoms with E-state index in [4.69, 9.17) is 0 Å². The van der Waals surface area contributed by atoms with Gasteiger partial charge in [-0.05, 0) is 31.6 Å². The quantitative estimate of drug-likeness (QED) is 0.684. The smallest absolute Gasteiger partial charge is 0.246 e. The van der Waals surface area contributed by atoms with E-state index in [0.29, 0.717) is 19.6 Å². The third-order valence-corrected chi connectivity index (χ3v) is 6.61. The van der Waals surface area contributed by atoms with Crippen molar-refractivity contribution in [1.82, 2.24) is 14.1 Å². The van der Waals surface area contributed by atoms with E-state index in [1.165, 1.54) is 22.5 Å². The predicted molar refractivity (Wildman–Crippen MR) is 98.8 cm³/mol. The van der Waals surface area contributed by atoms with Gasteiger partial charge in [0.2, 0.25) is 15.9 Å². The van der Waals surface area contributed by atoms with Crippen LogP contribution in [0.4, 0.5) is 4.39 Å². The lowest BCUT2D eigenvalue weighted by atomic mass is 10.3. The minimum Gasteiger partial charge on any atom is -0.339 e. The number of rotatable bonds is 8. The van der Waals surface area contributed by atoms with Crippen LogP contribution in [0.1, 0.15) is 26.7 Å². The first kappa shape index (κ1) is 20.8. The van der Waals surface area contributed by atoms with Gasteiger partial charge in [0.05, 0.1) is 6.54 Å². The molecule has 1 fully saturated rings. The van der Waals surface area contributed by atoms with Crippen molar-refractivity contribution in [2.45, 2.75) is 31.6 Å². The monoisotopic (exact) mass is 385 g/mol.